The van der Waals surface area contributed by atoms with Crippen LogP contribution in [0, 0.1) is 0 Å². The molecule has 0 aliphatic heterocycles. The lowest BCUT2D eigenvalue weighted by atomic mass is 10.3. The number of ether oxygens (including phenoxy) is 1. The van der Waals surface area contributed by atoms with Crippen LogP contribution in [0.3, 0.4) is 0 Å². The summed E-state index contributed by atoms with van der Waals surface area (Å²) in [6, 6.07) is 0. The van der Waals surface area contributed by atoms with Gasteiger partial charge in [0.2, 0.25) is 5.95 Å². The van der Waals surface area contributed by atoms with E-state index in [0.717, 1.165) is 26.0 Å². The van der Waals surface area contributed by atoms with Gasteiger partial charge in [0.25, 0.3) is 0 Å². The Morgan fingerprint density at radius 3 is 2.94 bits per heavy atom. The third kappa shape index (κ3) is 5.70. The number of nitrogens with zero attached hydrogens (tertiary/aromatic N) is 2. The first-order chi connectivity index (χ1) is 8.09. The van der Waals surface area contributed by atoms with E-state index in [1.165, 1.54) is 6.20 Å². The Morgan fingerprint density at radius 1 is 1.47 bits per heavy atom. The Hall–Kier alpha value is -1.07. The van der Waals surface area contributed by atoms with Crippen molar-refractivity contribution in [3.8, 4) is 0 Å². The zero-order valence-corrected chi connectivity index (χ0v) is 11.0. The Morgan fingerprint density at radius 2 is 2.24 bits per heavy atom. The molecule has 1 aromatic heterocycles. The van der Waals surface area contributed by atoms with Crippen molar-refractivity contribution in [1.82, 2.24) is 9.97 Å². The number of anilines is 2. The highest BCUT2D eigenvalue weighted by molar-refractivity contribution is 6.32. The fourth-order valence-corrected chi connectivity index (χ4v) is 1.42. The molecule has 0 aromatic carbocycles. The predicted molar refractivity (Wildman–Crippen MR) is 70.3 cm³/mol. The summed E-state index contributed by atoms with van der Waals surface area (Å²) in [6.45, 7) is 5.62. The molecule has 96 valence electrons. The van der Waals surface area contributed by atoms with Crippen molar-refractivity contribution in [1.29, 1.82) is 0 Å². The summed E-state index contributed by atoms with van der Waals surface area (Å²) in [4.78, 5) is 7.80. The second-order valence-electron chi connectivity index (χ2n) is 3.98. The Labute approximate surface area is 107 Å². The van der Waals surface area contributed by atoms with Gasteiger partial charge in [-0.1, -0.05) is 11.6 Å². The maximum atomic E-state index is 5.91. The summed E-state index contributed by atoms with van der Waals surface area (Å²) < 4.78 is 5.44. The molecule has 1 aromatic rings. The van der Waals surface area contributed by atoms with E-state index in [1.807, 2.05) is 13.8 Å². The molecule has 0 spiro atoms. The van der Waals surface area contributed by atoms with Crippen LogP contribution in [0.2, 0.25) is 5.02 Å². The normalized spacial score (nSPS) is 10.8. The zero-order chi connectivity index (χ0) is 12.7. The summed E-state index contributed by atoms with van der Waals surface area (Å²) in [5.74, 6) is 0.809. The number of nitrogens with one attached hydrogen (secondary N) is 1. The van der Waals surface area contributed by atoms with Crippen LogP contribution in [0.5, 0.6) is 0 Å². The SMILES string of the molecule is CC(C)OCCCCNc1nc(N)ncc1Cl. The number of unbranched alkanes of at least 4 members (excludes halogenated alkanes) is 1. The van der Waals surface area contributed by atoms with E-state index in [2.05, 4.69) is 15.3 Å². The maximum Gasteiger partial charge on any atom is 0.222 e. The smallest absolute Gasteiger partial charge is 0.222 e. The molecule has 6 heteroatoms. The molecule has 17 heavy (non-hydrogen) atoms. The molecule has 0 amide bonds. The lowest BCUT2D eigenvalue weighted by Gasteiger charge is -2.09. The minimum atomic E-state index is 0.222. The van der Waals surface area contributed by atoms with Crippen molar-refractivity contribution in [2.45, 2.75) is 32.8 Å². The van der Waals surface area contributed by atoms with E-state index >= 15 is 0 Å². The third-order valence-corrected chi connectivity index (χ3v) is 2.35. The van der Waals surface area contributed by atoms with Gasteiger partial charge in [-0.15, -0.1) is 0 Å². The van der Waals surface area contributed by atoms with Gasteiger partial charge in [0.15, 0.2) is 0 Å². The van der Waals surface area contributed by atoms with Crippen LogP contribution in [0.4, 0.5) is 11.8 Å². The number of nitrogen functional groups attached to an aromatic ring is 1. The van der Waals surface area contributed by atoms with Crippen LogP contribution in [0.1, 0.15) is 26.7 Å². The number of aromatic nitrogens is 2. The van der Waals surface area contributed by atoms with Gasteiger partial charge in [-0.3, -0.25) is 0 Å². The van der Waals surface area contributed by atoms with Gasteiger partial charge >= 0.3 is 0 Å². The molecule has 0 radical (unpaired) electrons. The molecule has 0 saturated heterocycles. The van der Waals surface area contributed by atoms with Crippen molar-refractivity contribution < 1.29 is 4.74 Å². The first kappa shape index (κ1) is 14.0. The van der Waals surface area contributed by atoms with Gasteiger partial charge in [-0.2, -0.15) is 4.98 Å². The van der Waals surface area contributed by atoms with Gasteiger partial charge in [0.1, 0.15) is 10.8 Å². The fraction of sp³-hybridized carbons (Fsp3) is 0.636. The molecule has 1 rings (SSSR count). The van der Waals surface area contributed by atoms with Crippen molar-refractivity contribution in [2.24, 2.45) is 0 Å². The lowest BCUT2D eigenvalue weighted by Crippen LogP contribution is -2.09. The molecule has 0 saturated carbocycles. The average molecular weight is 259 g/mol. The topological polar surface area (TPSA) is 73.1 Å². The van der Waals surface area contributed by atoms with Gasteiger partial charge in [-0.25, -0.2) is 4.98 Å². The Kier molecular flexibility index (Phi) is 6.00. The van der Waals surface area contributed by atoms with Crippen molar-refractivity contribution in [3.05, 3.63) is 11.2 Å². The molecular formula is C11H19ClN4O. The van der Waals surface area contributed by atoms with Gasteiger partial charge in [-0.05, 0) is 26.7 Å². The Bertz CT molecular complexity index is 346. The molecule has 5 nitrogen and oxygen atoms in total. The fourth-order valence-electron chi connectivity index (χ4n) is 1.26. The van der Waals surface area contributed by atoms with Gasteiger partial charge < -0.3 is 15.8 Å². The Balaban J connectivity index is 2.20. The second-order valence-corrected chi connectivity index (χ2v) is 4.39. The highest BCUT2D eigenvalue weighted by Gasteiger charge is 2.02. The average Bonchev–Trinajstić information content (AvgIpc) is 2.27. The molecule has 0 unspecified atom stereocenters. The third-order valence-electron chi connectivity index (χ3n) is 2.08. The highest BCUT2D eigenvalue weighted by atomic mass is 35.5. The van der Waals surface area contributed by atoms with Gasteiger partial charge in [0, 0.05) is 13.2 Å². The van der Waals surface area contributed by atoms with E-state index in [-0.39, 0.29) is 5.95 Å². The van der Waals surface area contributed by atoms with E-state index < -0.39 is 0 Å². The van der Waals surface area contributed by atoms with Crippen molar-refractivity contribution in [2.75, 3.05) is 24.2 Å². The molecule has 0 aliphatic rings. The summed E-state index contributed by atoms with van der Waals surface area (Å²) in [7, 11) is 0. The van der Waals surface area contributed by atoms with E-state index in [9.17, 15) is 0 Å². The molecule has 0 fully saturated rings. The van der Waals surface area contributed by atoms with E-state index in [4.69, 9.17) is 22.1 Å². The van der Waals surface area contributed by atoms with Crippen LogP contribution < -0.4 is 11.1 Å². The van der Waals surface area contributed by atoms with Crippen LogP contribution in [-0.4, -0.2) is 29.2 Å². The summed E-state index contributed by atoms with van der Waals surface area (Å²) >= 11 is 5.91. The van der Waals surface area contributed by atoms with Crippen LogP contribution in [0.15, 0.2) is 6.20 Å². The number of hydrogen-bond donors (Lipinski definition) is 2. The minimum Gasteiger partial charge on any atom is -0.379 e. The summed E-state index contributed by atoms with van der Waals surface area (Å²) in [5.41, 5.74) is 5.47. The van der Waals surface area contributed by atoms with Crippen LogP contribution >= 0.6 is 11.6 Å². The second kappa shape index (κ2) is 7.29. The first-order valence-electron chi connectivity index (χ1n) is 5.73. The van der Waals surface area contributed by atoms with Crippen LogP contribution in [0.25, 0.3) is 0 Å². The number of hydrogen-bond acceptors (Lipinski definition) is 5. The zero-order valence-electron chi connectivity index (χ0n) is 10.2. The van der Waals surface area contributed by atoms with Gasteiger partial charge in [0.05, 0.1) is 12.3 Å². The molecule has 3 N–H and O–H groups in total. The summed E-state index contributed by atoms with van der Waals surface area (Å²) in [6.07, 6.45) is 3.78. The highest BCUT2D eigenvalue weighted by Crippen LogP contribution is 2.18. The molecule has 1 heterocycles. The quantitative estimate of drug-likeness (QED) is 0.735. The van der Waals surface area contributed by atoms with E-state index in [1.54, 1.807) is 0 Å². The number of halogens is 1. The molecule has 0 aliphatic carbocycles. The monoisotopic (exact) mass is 258 g/mol. The molecule has 0 atom stereocenters. The van der Waals surface area contributed by atoms with Crippen LogP contribution in [-0.2, 0) is 4.74 Å². The lowest BCUT2D eigenvalue weighted by molar-refractivity contribution is 0.0765. The first-order valence-corrected chi connectivity index (χ1v) is 6.11. The molecular weight excluding hydrogens is 240 g/mol. The molecule has 0 bridgehead atoms. The predicted octanol–water partition coefficient (Wildman–Crippen LogP) is 2.33. The standard InChI is InChI=1S/C11H19ClN4O/c1-8(2)17-6-4-3-5-14-10-9(12)7-15-11(13)16-10/h7-8H,3-6H2,1-2H3,(H3,13,14,15,16). The van der Waals surface area contributed by atoms with Crippen molar-refractivity contribution >= 4 is 23.4 Å². The largest absolute Gasteiger partial charge is 0.379 e. The van der Waals surface area contributed by atoms with Crippen molar-refractivity contribution in [3.63, 3.8) is 0 Å². The number of nitrogens with two attached hydrogens (primary N) is 1. The maximum absolute atomic E-state index is 5.91. The van der Waals surface area contributed by atoms with E-state index in [0.29, 0.717) is 16.9 Å². The summed E-state index contributed by atoms with van der Waals surface area (Å²) in [5, 5.41) is 3.61. The number of rotatable bonds is 7. The minimum absolute atomic E-state index is 0.222.